The molecule has 4 heteroatoms. The van der Waals surface area contributed by atoms with Gasteiger partial charge in [-0.1, -0.05) is 0 Å². The van der Waals surface area contributed by atoms with Gasteiger partial charge in [0.1, 0.15) is 5.82 Å². The van der Waals surface area contributed by atoms with Crippen LogP contribution < -0.4 is 0 Å². The number of aryl methyl sites for hydroxylation is 1. The number of amides is 1. The van der Waals surface area contributed by atoms with Gasteiger partial charge < -0.3 is 0 Å². The summed E-state index contributed by atoms with van der Waals surface area (Å²) in [7, 11) is 0. The zero-order chi connectivity index (χ0) is 11.5. The molecule has 1 fully saturated rings. The Kier molecular flexibility index (Phi) is 3.19. The maximum Gasteiger partial charge on any atom is 0.277 e. The molecule has 1 heterocycles. The zero-order valence-corrected chi connectivity index (χ0v) is 9.20. The van der Waals surface area contributed by atoms with Crippen LogP contribution in [0.25, 0.3) is 0 Å². The molecule has 1 amide bonds. The van der Waals surface area contributed by atoms with Crippen molar-refractivity contribution in [1.82, 2.24) is 5.06 Å². The number of carbonyl (C=O) groups is 1. The van der Waals surface area contributed by atoms with E-state index in [1.54, 1.807) is 13.0 Å². The number of carbonyl (C=O) groups excluding carboxylic acids is 1. The van der Waals surface area contributed by atoms with Gasteiger partial charge in [-0.2, -0.15) is 0 Å². The van der Waals surface area contributed by atoms with Crippen molar-refractivity contribution in [2.24, 2.45) is 0 Å². The van der Waals surface area contributed by atoms with Gasteiger partial charge >= 0.3 is 0 Å². The highest BCUT2D eigenvalue weighted by molar-refractivity contribution is 5.93. The topological polar surface area (TPSA) is 29.5 Å². The lowest BCUT2D eigenvalue weighted by Gasteiger charge is -2.25. The number of nitrogens with zero attached hydrogens (tertiary/aromatic N) is 1. The highest BCUT2D eigenvalue weighted by atomic mass is 19.1. The Morgan fingerprint density at radius 3 is 2.81 bits per heavy atom. The van der Waals surface area contributed by atoms with Crippen LogP contribution in [0.4, 0.5) is 4.39 Å². The second kappa shape index (κ2) is 4.61. The molecule has 86 valence electrons. The van der Waals surface area contributed by atoms with E-state index in [9.17, 15) is 9.18 Å². The van der Waals surface area contributed by atoms with Gasteiger partial charge in [-0.05, 0) is 43.5 Å². The van der Waals surface area contributed by atoms with Crippen LogP contribution in [0.1, 0.15) is 28.8 Å². The highest BCUT2D eigenvalue weighted by Gasteiger charge is 2.19. The molecule has 2 rings (SSSR count). The maximum atomic E-state index is 13.1. The SMILES string of the molecule is Cc1cc(F)cc(C(=O)N2CCCCO2)c1. The summed E-state index contributed by atoms with van der Waals surface area (Å²) in [5.74, 6) is -0.650. The van der Waals surface area contributed by atoms with Gasteiger partial charge in [0, 0.05) is 12.1 Å². The van der Waals surface area contributed by atoms with Crippen molar-refractivity contribution < 1.29 is 14.0 Å². The molecule has 0 atom stereocenters. The predicted octanol–water partition coefficient (Wildman–Crippen LogP) is 2.30. The highest BCUT2D eigenvalue weighted by Crippen LogP contribution is 2.14. The number of hydrogen-bond acceptors (Lipinski definition) is 2. The Balaban J connectivity index is 2.19. The van der Waals surface area contributed by atoms with E-state index in [4.69, 9.17) is 4.84 Å². The van der Waals surface area contributed by atoms with Gasteiger partial charge in [-0.3, -0.25) is 9.63 Å². The van der Waals surface area contributed by atoms with Gasteiger partial charge in [0.2, 0.25) is 0 Å². The van der Waals surface area contributed by atoms with Crippen molar-refractivity contribution >= 4 is 5.91 Å². The lowest BCUT2D eigenvalue weighted by molar-refractivity contribution is -0.144. The molecule has 0 spiro atoms. The molecular formula is C12H14FNO2. The van der Waals surface area contributed by atoms with Crippen LogP contribution in [0.15, 0.2) is 18.2 Å². The number of benzene rings is 1. The Morgan fingerprint density at radius 2 is 2.19 bits per heavy atom. The fraction of sp³-hybridized carbons (Fsp3) is 0.417. The third-order valence-electron chi connectivity index (χ3n) is 2.52. The fourth-order valence-electron chi connectivity index (χ4n) is 1.76. The van der Waals surface area contributed by atoms with Gasteiger partial charge in [0.05, 0.1) is 6.61 Å². The van der Waals surface area contributed by atoms with Gasteiger partial charge in [0.25, 0.3) is 5.91 Å². The second-order valence-corrected chi connectivity index (χ2v) is 3.96. The number of rotatable bonds is 1. The summed E-state index contributed by atoms with van der Waals surface area (Å²) in [5, 5.41) is 1.32. The van der Waals surface area contributed by atoms with E-state index in [0.29, 0.717) is 18.7 Å². The quantitative estimate of drug-likeness (QED) is 0.731. The van der Waals surface area contributed by atoms with E-state index >= 15 is 0 Å². The second-order valence-electron chi connectivity index (χ2n) is 3.96. The van der Waals surface area contributed by atoms with Crippen LogP contribution in [0.3, 0.4) is 0 Å². The van der Waals surface area contributed by atoms with Crippen molar-refractivity contribution in [3.8, 4) is 0 Å². The molecule has 0 radical (unpaired) electrons. The molecule has 1 saturated heterocycles. The van der Waals surface area contributed by atoms with Crippen LogP contribution in [-0.2, 0) is 4.84 Å². The molecule has 1 aliphatic heterocycles. The molecule has 3 nitrogen and oxygen atoms in total. The van der Waals surface area contributed by atoms with Crippen LogP contribution in [-0.4, -0.2) is 24.1 Å². The average molecular weight is 223 g/mol. The van der Waals surface area contributed by atoms with Crippen LogP contribution in [0.5, 0.6) is 0 Å². The first-order valence-electron chi connectivity index (χ1n) is 5.39. The molecule has 1 aromatic carbocycles. The summed E-state index contributed by atoms with van der Waals surface area (Å²) in [6, 6.07) is 4.31. The lowest BCUT2D eigenvalue weighted by Crippen LogP contribution is -2.35. The van der Waals surface area contributed by atoms with E-state index in [1.165, 1.54) is 17.2 Å². The minimum Gasteiger partial charge on any atom is -0.271 e. The summed E-state index contributed by atoms with van der Waals surface area (Å²) in [5.41, 5.74) is 1.08. The molecule has 0 N–H and O–H groups in total. The van der Waals surface area contributed by atoms with Crippen LogP contribution in [0.2, 0.25) is 0 Å². The molecule has 0 saturated carbocycles. The van der Waals surface area contributed by atoms with E-state index in [-0.39, 0.29) is 11.7 Å². The van der Waals surface area contributed by atoms with E-state index in [1.807, 2.05) is 0 Å². The van der Waals surface area contributed by atoms with Gasteiger partial charge in [0.15, 0.2) is 0 Å². The third kappa shape index (κ3) is 2.39. The first-order chi connectivity index (χ1) is 7.66. The average Bonchev–Trinajstić information content (AvgIpc) is 2.28. The van der Waals surface area contributed by atoms with Crippen molar-refractivity contribution in [2.75, 3.05) is 13.2 Å². The molecule has 1 aliphatic rings. The molecule has 1 aromatic rings. The molecule has 0 unspecified atom stereocenters. The zero-order valence-electron chi connectivity index (χ0n) is 9.20. The maximum absolute atomic E-state index is 13.1. The minimum absolute atomic E-state index is 0.262. The largest absolute Gasteiger partial charge is 0.277 e. The molecule has 16 heavy (non-hydrogen) atoms. The van der Waals surface area contributed by atoms with Crippen molar-refractivity contribution in [3.05, 3.63) is 35.1 Å². The fourth-order valence-corrected chi connectivity index (χ4v) is 1.76. The summed E-state index contributed by atoms with van der Waals surface area (Å²) >= 11 is 0. The Bertz CT molecular complexity index is 380. The van der Waals surface area contributed by atoms with E-state index in [0.717, 1.165) is 18.4 Å². The first-order valence-corrected chi connectivity index (χ1v) is 5.39. The Hall–Kier alpha value is -1.42. The number of halogens is 1. The normalized spacial score (nSPS) is 16.2. The summed E-state index contributed by atoms with van der Waals surface area (Å²) in [6.07, 6.45) is 1.89. The predicted molar refractivity (Wildman–Crippen MR) is 57.4 cm³/mol. The first kappa shape index (κ1) is 11.1. The molecular weight excluding hydrogens is 209 g/mol. The summed E-state index contributed by atoms with van der Waals surface area (Å²) in [6.45, 7) is 2.89. The smallest absolute Gasteiger partial charge is 0.271 e. The Labute approximate surface area is 93.8 Å². The molecule has 0 bridgehead atoms. The van der Waals surface area contributed by atoms with Crippen molar-refractivity contribution in [2.45, 2.75) is 19.8 Å². The van der Waals surface area contributed by atoms with Crippen molar-refractivity contribution in [1.29, 1.82) is 0 Å². The van der Waals surface area contributed by atoms with Crippen LogP contribution >= 0.6 is 0 Å². The molecule has 0 aliphatic carbocycles. The van der Waals surface area contributed by atoms with E-state index in [2.05, 4.69) is 0 Å². The monoisotopic (exact) mass is 223 g/mol. The van der Waals surface area contributed by atoms with Gasteiger partial charge in [-0.25, -0.2) is 9.45 Å². The van der Waals surface area contributed by atoms with Crippen molar-refractivity contribution in [3.63, 3.8) is 0 Å². The molecule has 0 aromatic heterocycles. The minimum atomic E-state index is -0.389. The standard InChI is InChI=1S/C12H14FNO2/c1-9-6-10(8-11(13)7-9)12(15)14-4-2-3-5-16-14/h6-8H,2-5H2,1H3. The van der Waals surface area contributed by atoms with Gasteiger partial charge in [-0.15, -0.1) is 0 Å². The number of hydroxylamine groups is 2. The lowest BCUT2D eigenvalue weighted by atomic mass is 10.1. The summed E-state index contributed by atoms with van der Waals surface area (Å²) in [4.78, 5) is 17.2. The van der Waals surface area contributed by atoms with E-state index < -0.39 is 0 Å². The number of hydrogen-bond donors (Lipinski definition) is 0. The van der Waals surface area contributed by atoms with Crippen LogP contribution in [0, 0.1) is 12.7 Å². The Morgan fingerprint density at radius 1 is 1.38 bits per heavy atom. The third-order valence-corrected chi connectivity index (χ3v) is 2.52. The summed E-state index contributed by atoms with van der Waals surface area (Å²) < 4.78 is 13.1.